The van der Waals surface area contributed by atoms with Crippen LogP contribution in [0.3, 0.4) is 0 Å². The molecule has 0 aliphatic carbocycles. The number of nitrogens with one attached hydrogen (secondary N) is 1. The number of anilines is 1. The van der Waals surface area contributed by atoms with Gasteiger partial charge in [-0.15, -0.1) is 0 Å². The molecule has 7 heteroatoms. The minimum Gasteiger partial charge on any atom is -0.314 e. The van der Waals surface area contributed by atoms with Gasteiger partial charge in [0.05, 0.1) is 22.6 Å². The van der Waals surface area contributed by atoms with Crippen LogP contribution in [0.1, 0.15) is 30.8 Å². The molecule has 196 valence electrons. The van der Waals surface area contributed by atoms with Gasteiger partial charge >= 0.3 is 6.03 Å². The first kappa shape index (κ1) is 26.2. The Morgan fingerprint density at radius 2 is 1.62 bits per heavy atom. The Hall–Kier alpha value is -4.42. The van der Waals surface area contributed by atoms with E-state index in [9.17, 15) is 9.59 Å². The minimum atomic E-state index is -0.481. The van der Waals surface area contributed by atoms with Crippen molar-refractivity contribution in [3.63, 3.8) is 0 Å². The number of amides is 2. The summed E-state index contributed by atoms with van der Waals surface area (Å²) in [5, 5.41) is 4.06. The molecule has 0 fully saturated rings. The van der Waals surface area contributed by atoms with Crippen molar-refractivity contribution in [2.75, 3.05) is 11.9 Å². The van der Waals surface area contributed by atoms with Crippen molar-refractivity contribution >= 4 is 34.2 Å². The Balaban J connectivity index is 1.62. The quantitative estimate of drug-likeness (QED) is 0.227. The molecule has 1 atom stereocenters. The van der Waals surface area contributed by atoms with E-state index < -0.39 is 6.04 Å². The van der Waals surface area contributed by atoms with Crippen LogP contribution in [0.4, 0.5) is 10.5 Å². The second-order valence-corrected chi connectivity index (χ2v) is 9.69. The second-order valence-electron chi connectivity index (χ2n) is 9.26. The molecule has 1 N–H and O–H groups in total. The molecule has 1 heterocycles. The molecule has 0 aliphatic heterocycles. The van der Waals surface area contributed by atoms with Gasteiger partial charge in [0.15, 0.2) is 0 Å². The lowest BCUT2D eigenvalue weighted by atomic mass is 10.1. The molecule has 6 nitrogen and oxygen atoms in total. The van der Waals surface area contributed by atoms with Crippen molar-refractivity contribution in [3.8, 4) is 5.69 Å². The first-order valence-electron chi connectivity index (χ1n) is 13.0. The summed E-state index contributed by atoms with van der Waals surface area (Å²) in [6.07, 6.45) is 1.19. The van der Waals surface area contributed by atoms with E-state index >= 15 is 0 Å². The van der Waals surface area contributed by atoms with Crippen LogP contribution in [0.5, 0.6) is 0 Å². The van der Waals surface area contributed by atoms with Crippen LogP contribution >= 0.6 is 11.6 Å². The predicted molar refractivity (Wildman–Crippen MR) is 158 cm³/mol. The SMILES string of the molecule is CCC(c1nc2ccccc2c(=O)n1-c1ccccc1)N(CCc1ccccc1)C(=O)Nc1cccc(Cl)c1. The molecule has 1 unspecified atom stereocenters. The second kappa shape index (κ2) is 12.0. The van der Waals surface area contributed by atoms with E-state index in [-0.39, 0.29) is 11.6 Å². The van der Waals surface area contributed by atoms with Crippen LogP contribution in [0.15, 0.2) is 114 Å². The summed E-state index contributed by atoms with van der Waals surface area (Å²) in [6.45, 7) is 2.43. The average molecular weight is 537 g/mol. The van der Waals surface area contributed by atoms with Gasteiger partial charge in [-0.05, 0) is 60.9 Å². The zero-order chi connectivity index (χ0) is 27.2. The number of urea groups is 1. The fourth-order valence-corrected chi connectivity index (χ4v) is 4.99. The van der Waals surface area contributed by atoms with Gasteiger partial charge in [0.25, 0.3) is 5.56 Å². The molecular weight excluding hydrogens is 508 g/mol. The zero-order valence-corrected chi connectivity index (χ0v) is 22.4. The summed E-state index contributed by atoms with van der Waals surface area (Å²) in [5.74, 6) is 0.515. The number of para-hydroxylation sites is 2. The van der Waals surface area contributed by atoms with E-state index in [0.717, 1.165) is 5.56 Å². The summed E-state index contributed by atoms with van der Waals surface area (Å²) in [4.78, 5) is 34.5. The van der Waals surface area contributed by atoms with Crippen molar-refractivity contribution < 1.29 is 4.79 Å². The molecular formula is C32H29ClN4O2. The van der Waals surface area contributed by atoms with Crippen molar-refractivity contribution in [1.29, 1.82) is 0 Å². The van der Waals surface area contributed by atoms with Gasteiger partial charge in [-0.2, -0.15) is 0 Å². The standard InChI is InChI=1S/C32H29ClN4O2/c1-2-29(30-35-28-19-10-9-18-27(28)31(38)37(30)26-16-7-4-8-17-26)36(21-20-23-12-5-3-6-13-23)32(39)34-25-15-11-14-24(33)22-25/h3-19,22,29H,2,20-21H2,1H3,(H,34,39). The fraction of sp³-hybridized carbons (Fsp3) is 0.156. The third kappa shape index (κ3) is 5.86. The maximum absolute atomic E-state index is 13.9. The van der Waals surface area contributed by atoms with Crippen molar-refractivity contribution in [3.05, 3.63) is 136 Å². The number of rotatable bonds is 8. The van der Waals surface area contributed by atoms with Crippen LogP contribution in [0, 0.1) is 0 Å². The molecule has 1 aromatic heterocycles. The summed E-state index contributed by atoms with van der Waals surface area (Å²) in [7, 11) is 0. The summed E-state index contributed by atoms with van der Waals surface area (Å²) in [5.41, 5.74) is 2.84. The number of carbonyl (C=O) groups excluding carboxylic acids is 1. The third-order valence-electron chi connectivity index (χ3n) is 6.70. The largest absolute Gasteiger partial charge is 0.322 e. The Labute approximate surface area is 232 Å². The molecule has 5 rings (SSSR count). The normalized spacial score (nSPS) is 11.7. The molecule has 0 radical (unpaired) electrons. The van der Waals surface area contributed by atoms with Gasteiger partial charge in [0.2, 0.25) is 0 Å². The fourth-order valence-electron chi connectivity index (χ4n) is 4.80. The highest BCUT2D eigenvalue weighted by Crippen LogP contribution is 2.27. The highest BCUT2D eigenvalue weighted by Gasteiger charge is 2.29. The maximum Gasteiger partial charge on any atom is 0.322 e. The Bertz CT molecular complexity index is 1640. The number of hydrogen-bond donors (Lipinski definition) is 1. The minimum absolute atomic E-state index is 0.168. The van der Waals surface area contributed by atoms with Crippen LogP contribution in [0.25, 0.3) is 16.6 Å². The van der Waals surface area contributed by atoms with Crippen LogP contribution in [0.2, 0.25) is 5.02 Å². The van der Waals surface area contributed by atoms with Crippen molar-refractivity contribution in [2.24, 2.45) is 0 Å². The van der Waals surface area contributed by atoms with E-state index in [0.29, 0.717) is 52.5 Å². The van der Waals surface area contributed by atoms with E-state index in [1.807, 2.05) is 85.8 Å². The molecule has 0 spiro atoms. The zero-order valence-electron chi connectivity index (χ0n) is 21.6. The maximum atomic E-state index is 13.9. The number of halogens is 1. The number of carbonyl (C=O) groups is 1. The first-order valence-corrected chi connectivity index (χ1v) is 13.4. The molecule has 39 heavy (non-hydrogen) atoms. The molecule has 5 aromatic rings. The van der Waals surface area contributed by atoms with E-state index in [4.69, 9.17) is 16.6 Å². The molecule has 0 saturated carbocycles. The third-order valence-corrected chi connectivity index (χ3v) is 6.93. The van der Waals surface area contributed by atoms with E-state index in [1.165, 1.54) is 0 Å². The van der Waals surface area contributed by atoms with Gasteiger partial charge < -0.3 is 10.2 Å². The Morgan fingerprint density at radius 3 is 2.33 bits per heavy atom. The monoisotopic (exact) mass is 536 g/mol. The molecule has 4 aromatic carbocycles. The average Bonchev–Trinajstić information content (AvgIpc) is 2.96. The smallest absolute Gasteiger partial charge is 0.314 e. The van der Waals surface area contributed by atoms with Gasteiger partial charge in [-0.1, -0.05) is 85.3 Å². The number of fused-ring (bicyclic) bond motifs is 1. The Kier molecular flexibility index (Phi) is 8.04. The summed E-state index contributed by atoms with van der Waals surface area (Å²) < 4.78 is 1.64. The van der Waals surface area contributed by atoms with Crippen molar-refractivity contribution in [1.82, 2.24) is 14.5 Å². The highest BCUT2D eigenvalue weighted by atomic mass is 35.5. The van der Waals surface area contributed by atoms with Gasteiger partial charge in [-0.25, -0.2) is 9.78 Å². The van der Waals surface area contributed by atoms with Crippen LogP contribution in [-0.4, -0.2) is 27.0 Å². The Morgan fingerprint density at radius 1 is 0.923 bits per heavy atom. The van der Waals surface area contributed by atoms with Gasteiger partial charge in [0.1, 0.15) is 5.82 Å². The molecule has 2 amide bonds. The lowest BCUT2D eigenvalue weighted by Gasteiger charge is -2.32. The highest BCUT2D eigenvalue weighted by molar-refractivity contribution is 6.30. The number of aromatic nitrogens is 2. The number of nitrogens with zero attached hydrogens (tertiary/aromatic N) is 3. The lowest BCUT2D eigenvalue weighted by Crippen LogP contribution is -2.42. The van der Waals surface area contributed by atoms with Gasteiger partial charge in [-0.3, -0.25) is 9.36 Å². The topological polar surface area (TPSA) is 67.2 Å². The van der Waals surface area contributed by atoms with Crippen molar-refractivity contribution in [2.45, 2.75) is 25.8 Å². The summed E-state index contributed by atoms with van der Waals surface area (Å²) in [6, 6.07) is 33.1. The number of benzene rings is 4. The lowest BCUT2D eigenvalue weighted by molar-refractivity contribution is 0.182. The molecule has 0 saturated heterocycles. The summed E-state index contributed by atoms with van der Waals surface area (Å²) >= 11 is 6.18. The van der Waals surface area contributed by atoms with E-state index in [1.54, 1.807) is 39.8 Å². The van der Waals surface area contributed by atoms with E-state index in [2.05, 4.69) is 5.32 Å². The first-order chi connectivity index (χ1) is 19.0. The van der Waals surface area contributed by atoms with Gasteiger partial charge in [0, 0.05) is 17.3 Å². The number of hydrogen-bond acceptors (Lipinski definition) is 3. The van der Waals surface area contributed by atoms with Crippen LogP contribution < -0.4 is 10.9 Å². The molecule has 0 aliphatic rings. The molecule has 0 bridgehead atoms. The predicted octanol–water partition coefficient (Wildman–Crippen LogP) is 7.27. The van der Waals surface area contributed by atoms with Crippen LogP contribution in [-0.2, 0) is 6.42 Å².